The number of nitrogens with one attached hydrogen (secondary N) is 1. The highest BCUT2D eigenvalue weighted by atomic mass is 35.5. The zero-order valence-electron chi connectivity index (χ0n) is 12.0. The van der Waals surface area contributed by atoms with Crippen molar-refractivity contribution >= 4 is 34.9 Å². The van der Waals surface area contributed by atoms with Crippen molar-refractivity contribution in [2.45, 2.75) is 0 Å². The SMILES string of the molecule is O=C(Nc1cccc2c1C(=O)c1ccccc1C2=O)OCCCl. The van der Waals surface area contributed by atoms with Gasteiger partial charge >= 0.3 is 6.09 Å². The van der Waals surface area contributed by atoms with Gasteiger partial charge in [-0.1, -0.05) is 36.4 Å². The largest absolute Gasteiger partial charge is 0.448 e. The number of hydrogen-bond acceptors (Lipinski definition) is 4. The zero-order valence-corrected chi connectivity index (χ0v) is 12.7. The van der Waals surface area contributed by atoms with E-state index in [0.29, 0.717) is 11.1 Å². The van der Waals surface area contributed by atoms with E-state index in [-0.39, 0.29) is 40.9 Å². The normalized spacial score (nSPS) is 12.4. The average Bonchev–Trinajstić information content (AvgIpc) is 2.57. The molecule has 0 saturated carbocycles. The monoisotopic (exact) mass is 329 g/mol. The van der Waals surface area contributed by atoms with Crippen molar-refractivity contribution in [1.29, 1.82) is 0 Å². The maximum Gasteiger partial charge on any atom is 0.411 e. The minimum Gasteiger partial charge on any atom is -0.448 e. The van der Waals surface area contributed by atoms with Gasteiger partial charge in [-0.05, 0) is 6.07 Å². The number of anilines is 1. The maximum absolute atomic E-state index is 12.7. The first-order chi connectivity index (χ1) is 11.1. The molecule has 1 N–H and O–H groups in total. The van der Waals surface area contributed by atoms with Crippen LogP contribution in [0.4, 0.5) is 10.5 Å². The van der Waals surface area contributed by atoms with Crippen molar-refractivity contribution < 1.29 is 19.1 Å². The third-order valence-corrected chi connectivity index (χ3v) is 3.65. The molecule has 1 aliphatic carbocycles. The van der Waals surface area contributed by atoms with E-state index in [1.165, 1.54) is 0 Å². The minimum atomic E-state index is -0.724. The van der Waals surface area contributed by atoms with Crippen LogP contribution in [0.1, 0.15) is 31.8 Å². The predicted octanol–water partition coefficient (Wildman–Crippen LogP) is 3.25. The molecule has 1 amide bonds. The first-order valence-corrected chi connectivity index (χ1v) is 7.48. The minimum absolute atomic E-state index is 0.0537. The van der Waals surface area contributed by atoms with Crippen molar-refractivity contribution in [2.24, 2.45) is 0 Å². The quantitative estimate of drug-likeness (QED) is 0.749. The van der Waals surface area contributed by atoms with Crippen molar-refractivity contribution in [2.75, 3.05) is 17.8 Å². The summed E-state index contributed by atoms with van der Waals surface area (Å²) < 4.78 is 4.84. The molecule has 0 fully saturated rings. The number of ether oxygens (including phenoxy) is 1. The second kappa shape index (κ2) is 6.22. The number of carbonyl (C=O) groups excluding carboxylic acids is 3. The van der Waals surface area contributed by atoms with Crippen LogP contribution < -0.4 is 5.32 Å². The van der Waals surface area contributed by atoms with Crippen LogP contribution in [-0.2, 0) is 4.74 Å². The molecule has 0 bridgehead atoms. The number of amides is 1. The van der Waals surface area contributed by atoms with Crippen molar-refractivity contribution in [1.82, 2.24) is 0 Å². The van der Waals surface area contributed by atoms with Gasteiger partial charge in [0.25, 0.3) is 0 Å². The van der Waals surface area contributed by atoms with Gasteiger partial charge in [-0.15, -0.1) is 11.6 Å². The van der Waals surface area contributed by atoms with Crippen LogP contribution in [0.15, 0.2) is 42.5 Å². The fourth-order valence-electron chi connectivity index (χ4n) is 2.53. The highest BCUT2D eigenvalue weighted by Gasteiger charge is 2.31. The second-order valence-corrected chi connectivity index (χ2v) is 5.26. The molecule has 0 aliphatic heterocycles. The molecule has 0 unspecified atom stereocenters. The number of fused-ring (bicyclic) bond motifs is 2. The molecule has 1 aliphatic rings. The van der Waals surface area contributed by atoms with Gasteiger partial charge in [-0.2, -0.15) is 0 Å². The molecule has 0 saturated heterocycles. The topological polar surface area (TPSA) is 72.5 Å². The van der Waals surface area contributed by atoms with Gasteiger partial charge < -0.3 is 4.74 Å². The molecule has 5 nitrogen and oxygen atoms in total. The Morgan fingerprint density at radius 1 is 0.957 bits per heavy atom. The number of carbonyl (C=O) groups is 3. The number of benzene rings is 2. The molecule has 0 aromatic heterocycles. The standard InChI is InChI=1S/C17H12ClNO4/c18-8-9-23-17(22)19-13-7-3-6-12-14(13)16(21)11-5-2-1-4-10(11)15(12)20/h1-7H,8-9H2,(H,19,22). The molecule has 6 heteroatoms. The van der Waals surface area contributed by atoms with Gasteiger partial charge in [0, 0.05) is 16.7 Å². The summed E-state index contributed by atoms with van der Waals surface area (Å²) in [6, 6.07) is 11.4. The molecule has 0 radical (unpaired) electrons. The fourth-order valence-corrected chi connectivity index (χ4v) is 2.60. The lowest BCUT2D eigenvalue weighted by Gasteiger charge is -2.20. The van der Waals surface area contributed by atoms with Crippen LogP contribution in [0.2, 0.25) is 0 Å². The lowest BCUT2D eigenvalue weighted by molar-refractivity contribution is 0.0979. The number of rotatable bonds is 3. The Balaban J connectivity index is 2.02. The predicted molar refractivity (Wildman–Crippen MR) is 85.4 cm³/mol. The van der Waals surface area contributed by atoms with Gasteiger partial charge in [-0.25, -0.2) is 4.79 Å². The highest BCUT2D eigenvalue weighted by Crippen LogP contribution is 2.31. The third-order valence-electron chi connectivity index (χ3n) is 3.50. The van der Waals surface area contributed by atoms with E-state index in [0.717, 1.165) is 0 Å². The summed E-state index contributed by atoms with van der Waals surface area (Å²) in [5.74, 6) is -0.373. The van der Waals surface area contributed by atoms with E-state index in [2.05, 4.69) is 5.32 Å². The van der Waals surface area contributed by atoms with Crippen LogP contribution in [-0.4, -0.2) is 30.1 Å². The van der Waals surface area contributed by atoms with Crippen molar-refractivity contribution in [3.63, 3.8) is 0 Å². The highest BCUT2D eigenvalue weighted by molar-refractivity contribution is 6.30. The van der Waals surface area contributed by atoms with E-state index >= 15 is 0 Å². The van der Waals surface area contributed by atoms with Crippen LogP contribution in [0.3, 0.4) is 0 Å². The van der Waals surface area contributed by atoms with Gasteiger partial charge in [0.2, 0.25) is 0 Å². The first kappa shape index (κ1) is 15.2. The van der Waals surface area contributed by atoms with Gasteiger partial charge in [0.15, 0.2) is 11.6 Å². The number of alkyl halides is 1. The molecule has 0 heterocycles. The summed E-state index contributed by atoms with van der Waals surface area (Å²) in [6.45, 7) is 0.0537. The van der Waals surface area contributed by atoms with E-state index in [1.54, 1.807) is 42.5 Å². The van der Waals surface area contributed by atoms with Gasteiger partial charge in [-0.3, -0.25) is 14.9 Å². The lowest BCUT2D eigenvalue weighted by Crippen LogP contribution is -2.24. The van der Waals surface area contributed by atoms with Gasteiger partial charge in [0.1, 0.15) is 6.61 Å². The van der Waals surface area contributed by atoms with Crippen LogP contribution >= 0.6 is 11.6 Å². The maximum atomic E-state index is 12.7. The molecule has 0 atom stereocenters. The first-order valence-electron chi connectivity index (χ1n) is 6.94. The Kier molecular flexibility index (Phi) is 4.12. The molecule has 2 aromatic carbocycles. The average molecular weight is 330 g/mol. The summed E-state index contributed by atoms with van der Waals surface area (Å²) >= 11 is 5.46. The summed E-state index contributed by atoms with van der Waals surface area (Å²) in [6.07, 6.45) is -0.724. The Morgan fingerprint density at radius 3 is 2.30 bits per heavy atom. The fraction of sp³-hybridized carbons (Fsp3) is 0.118. The Labute approximate surface area is 137 Å². The molecule has 0 spiro atoms. The summed E-state index contributed by atoms with van der Waals surface area (Å²) in [7, 11) is 0. The van der Waals surface area contributed by atoms with E-state index < -0.39 is 6.09 Å². The van der Waals surface area contributed by atoms with Crippen LogP contribution in [0.5, 0.6) is 0 Å². The molecule has 3 rings (SSSR count). The molecule has 116 valence electrons. The van der Waals surface area contributed by atoms with Crippen molar-refractivity contribution in [3.8, 4) is 0 Å². The molecule has 2 aromatic rings. The summed E-state index contributed by atoms with van der Waals surface area (Å²) in [5.41, 5.74) is 1.39. The lowest BCUT2D eigenvalue weighted by atomic mass is 9.83. The van der Waals surface area contributed by atoms with Crippen LogP contribution in [0, 0.1) is 0 Å². The molecule has 23 heavy (non-hydrogen) atoms. The zero-order chi connectivity index (χ0) is 16.4. The van der Waals surface area contributed by atoms with E-state index in [1.807, 2.05) is 0 Å². The smallest absolute Gasteiger partial charge is 0.411 e. The summed E-state index contributed by atoms with van der Waals surface area (Å²) in [5, 5.41) is 2.49. The summed E-state index contributed by atoms with van der Waals surface area (Å²) in [4.78, 5) is 37.0. The second-order valence-electron chi connectivity index (χ2n) is 4.88. The Morgan fingerprint density at radius 2 is 1.61 bits per heavy atom. The Bertz CT molecular complexity index is 816. The number of ketones is 2. The number of hydrogen-bond donors (Lipinski definition) is 1. The van der Waals surface area contributed by atoms with Gasteiger partial charge in [0.05, 0.1) is 17.1 Å². The van der Waals surface area contributed by atoms with E-state index in [4.69, 9.17) is 16.3 Å². The third kappa shape index (κ3) is 2.71. The van der Waals surface area contributed by atoms with Crippen LogP contribution in [0.25, 0.3) is 0 Å². The van der Waals surface area contributed by atoms with E-state index in [9.17, 15) is 14.4 Å². The Hall–Kier alpha value is -2.66. The van der Waals surface area contributed by atoms with Crippen molar-refractivity contribution in [3.05, 3.63) is 64.7 Å². The number of halogens is 1. The molecular weight excluding hydrogens is 318 g/mol. The molecular formula is C17H12ClNO4.